The molecule has 27 heavy (non-hydrogen) atoms. The van der Waals surface area contributed by atoms with Gasteiger partial charge in [-0.25, -0.2) is 0 Å². The molecule has 0 spiro atoms. The van der Waals surface area contributed by atoms with Crippen LogP contribution in [0.5, 0.6) is 0 Å². The predicted molar refractivity (Wildman–Crippen MR) is 119 cm³/mol. The van der Waals surface area contributed by atoms with Crippen LogP contribution in [0.2, 0.25) is 0 Å². The molecular formula is C24H50O3. The first-order valence-corrected chi connectivity index (χ1v) is 11.7. The van der Waals surface area contributed by atoms with Crippen molar-refractivity contribution < 1.29 is 14.2 Å². The highest BCUT2D eigenvalue weighted by Crippen LogP contribution is 2.25. The van der Waals surface area contributed by atoms with Crippen molar-refractivity contribution in [3.63, 3.8) is 0 Å². The molecule has 0 aliphatic rings. The van der Waals surface area contributed by atoms with E-state index >= 15 is 0 Å². The van der Waals surface area contributed by atoms with Crippen molar-refractivity contribution >= 4 is 0 Å². The van der Waals surface area contributed by atoms with Crippen molar-refractivity contribution in [3.05, 3.63) is 13.2 Å². The van der Waals surface area contributed by atoms with Gasteiger partial charge in [0.1, 0.15) is 0 Å². The molecule has 0 aromatic rings. The summed E-state index contributed by atoms with van der Waals surface area (Å²) in [5.41, 5.74) is 0. The fourth-order valence-corrected chi connectivity index (χ4v) is 2.76. The van der Waals surface area contributed by atoms with Gasteiger partial charge in [-0.2, -0.15) is 0 Å². The number of hydrogen-bond acceptors (Lipinski definition) is 3. The van der Waals surface area contributed by atoms with Crippen molar-refractivity contribution in [1.82, 2.24) is 0 Å². The van der Waals surface area contributed by atoms with E-state index in [1.54, 1.807) is 0 Å². The third-order valence-corrected chi connectivity index (χ3v) is 4.55. The van der Waals surface area contributed by atoms with E-state index in [1.165, 1.54) is 38.5 Å². The molecule has 164 valence electrons. The standard InChI is InChI=1S/C22H46O3.C2H4/c1-5-9-13-14-15-16-17-18-22(23-19-10-6-2,24-20-11-7-3)25-21-12-8-4;1-2/h5-21H2,1-4H3;1-2H2. The summed E-state index contributed by atoms with van der Waals surface area (Å²) in [5, 5.41) is 0. The average Bonchev–Trinajstić information content (AvgIpc) is 2.69. The van der Waals surface area contributed by atoms with Crippen LogP contribution in [0.1, 0.15) is 118 Å². The molecule has 0 rings (SSSR count). The first kappa shape index (κ1) is 28.8. The quantitative estimate of drug-likeness (QED) is 0.120. The van der Waals surface area contributed by atoms with Crippen molar-refractivity contribution in [1.29, 1.82) is 0 Å². The van der Waals surface area contributed by atoms with Crippen molar-refractivity contribution in [2.75, 3.05) is 19.8 Å². The van der Waals surface area contributed by atoms with Crippen molar-refractivity contribution in [3.8, 4) is 0 Å². The van der Waals surface area contributed by atoms with Crippen LogP contribution in [0, 0.1) is 0 Å². The van der Waals surface area contributed by atoms with E-state index in [0.717, 1.165) is 71.2 Å². The SMILES string of the molecule is C=C.CCCCCCCCCC(OCCCC)(OCCCC)OCCCC. The number of unbranched alkanes of at least 4 members (excludes halogenated alkanes) is 9. The van der Waals surface area contributed by atoms with E-state index in [0.29, 0.717) is 0 Å². The predicted octanol–water partition coefficient (Wildman–Crippen LogP) is 8.03. The molecule has 0 aliphatic carbocycles. The Hall–Kier alpha value is -0.380. The van der Waals surface area contributed by atoms with Gasteiger partial charge in [0, 0.05) is 6.42 Å². The normalized spacial score (nSPS) is 11.3. The van der Waals surface area contributed by atoms with Gasteiger partial charge in [-0.15, -0.1) is 13.2 Å². The van der Waals surface area contributed by atoms with E-state index in [1.807, 2.05) is 0 Å². The summed E-state index contributed by atoms with van der Waals surface area (Å²) in [7, 11) is 0. The van der Waals surface area contributed by atoms with E-state index in [4.69, 9.17) is 14.2 Å². The van der Waals surface area contributed by atoms with Crippen LogP contribution in [0.15, 0.2) is 13.2 Å². The first-order chi connectivity index (χ1) is 13.2. The number of ether oxygens (including phenoxy) is 3. The molecule has 0 bridgehead atoms. The molecule has 0 atom stereocenters. The lowest BCUT2D eigenvalue weighted by Crippen LogP contribution is -2.40. The zero-order valence-electron chi connectivity index (χ0n) is 19.2. The fourth-order valence-electron chi connectivity index (χ4n) is 2.76. The van der Waals surface area contributed by atoms with E-state index in [-0.39, 0.29) is 0 Å². The Morgan fingerprint density at radius 2 is 0.815 bits per heavy atom. The summed E-state index contributed by atoms with van der Waals surface area (Å²) in [5.74, 6) is -0.803. The summed E-state index contributed by atoms with van der Waals surface area (Å²) in [6, 6.07) is 0. The summed E-state index contributed by atoms with van der Waals surface area (Å²) in [6.45, 7) is 17.0. The molecule has 3 heteroatoms. The van der Waals surface area contributed by atoms with E-state index in [2.05, 4.69) is 40.9 Å². The lowest BCUT2D eigenvalue weighted by atomic mass is 10.1. The van der Waals surface area contributed by atoms with Crippen LogP contribution in [0.25, 0.3) is 0 Å². The molecule has 0 saturated carbocycles. The first-order valence-electron chi connectivity index (χ1n) is 11.7. The second kappa shape index (κ2) is 23.7. The van der Waals surface area contributed by atoms with Gasteiger partial charge in [0.2, 0.25) is 0 Å². The Labute approximate surface area is 171 Å². The topological polar surface area (TPSA) is 27.7 Å². The molecule has 0 fully saturated rings. The minimum absolute atomic E-state index is 0.727. The van der Waals surface area contributed by atoms with Crippen LogP contribution >= 0.6 is 0 Å². The van der Waals surface area contributed by atoms with Crippen LogP contribution in [-0.4, -0.2) is 25.8 Å². The average molecular weight is 387 g/mol. The second-order valence-corrected chi connectivity index (χ2v) is 7.16. The molecule has 0 heterocycles. The fraction of sp³-hybridized carbons (Fsp3) is 0.917. The Balaban J connectivity index is 0. The summed E-state index contributed by atoms with van der Waals surface area (Å²) in [6.07, 6.45) is 16.5. The van der Waals surface area contributed by atoms with E-state index < -0.39 is 5.97 Å². The highest BCUT2D eigenvalue weighted by atomic mass is 16.9. The molecule has 0 aromatic heterocycles. The zero-order chi connectivity index (χ0) is 20.6. The Bertz CT molecular complexity index is 242. The molecule has 3 nitrogen and oxygen atoms in total. The molecule has 0 aliphatic heterocycles. The molecule has 0 unspecified atom stereocenters. The van der Waals surface area contributed by atoms with Crippen molar-refractivity contribution in [2.24, 2.45) is 0 Å². The van der Waals surface area contributed by atoms with Gasteiger partial charge in [-0.05, 0) is 25.7 Å². The maximum atomic E-state index is 6.16. The maximum absolute atomic E-state index is 6.16. The maximum Gasteiger partial charge on any atom is 0.282 e. The van der Waals surface area contributed by atoms with Gasteiger partial charge in [0.15, 0.2) is 0 Å². The van der Waals surface area contributed by atoms with Gasteiger partial charge in [0.25, 0.3) is 5.97 Å². The molecule has 0 saturated heterocycles. The zero-order valence-corrected chi connectivity index (χ0v) is 19.2. The van der Waals surface area contributed by atoms with Gasteiger partial charge in [-0.3, -0.25) is 0 Å². The van der Waals surface area contributed by atoms with Crippen LogP contribution in [-0.2, 0) is 14.2 Å². The molecule has 0 aromatic carbocycles. The largest absolute Gasteiger partial charge is 0.327 e. The molecular weight excluding hydrogens is 336 g/mol. The smallest absolute Gasteiger partial charge is 0.282 e. The van der Waals surface area contributed by atoms with Crippen molar-refractivity contribution in [2.45, 2.75) is 124 Å². The lowest BCUT2D eigenvalue weighted by Gasteiger charge is -2.33. The molecule has 0 N–H and O–H groups in total. The number of hydrogen-bond donors (Lipinski definition) is 0. The molecule has 0 amide bonds. The van der Waals surface area contributed by atoms with Crippen LogP contribution < -0.4 is 0 Å². The van der Waals surface area contributed by atoms with E-state index in [9.17, 15) is 0 Å². The highest BCUT2D eigenvalue weighted by Gasteiger charge is 2.32. The minimum atomic E-state index is -0.803. The third-order valence-electron chi connectivity index (χ3n) is 4.55. The summed E-state index contributed by atoms with van der Waals surface area (Å²) >= 11 is 0. The monoisotopic (exact) mass is 386 g/mol. The van der Waals surface area contributed by atoms with Gasteiger partial charge < -0.3 is 14.2 Å². The Kier molecular flexibility index (Phi) is 25.3. The van der Waals surface area contributed by atoms with Gasteiger partial charge in [-0.1, -0.05) is 85.5 Å². The Morgan fingerprint density at radius 1 is 0.481 bits per heavy atom. The Morgan fingerprint density at radius 3 is 1.19 bits per heavy atom. The van der Waals surface area contributed by atoms with Gasteiger partial charge in [0.05, 0.1) is 19.8 Å². The lowest BCUT2D eigenvalue weighted by molar-refractivity contribution is -0.384. The highest BCUT2D eigenvalue weighted by molar-refractivity contribution is 4.61. The summed E-state index contributed by atoms with van der Waals surface area (Å²) in [4.78, 5) is 0. The molecule has 0 radical (unpaired) electrons. The number of rotatable bonds is 20. The minimum Gasteiger partial charge on any atom is -0.327 e. The summed E-state index contributed by atoms with van der Waals surface area (Å²) < 4.78 is 18.5. The third kappa shape index (κ3) is 18.7. The van der Waals surface area contributed by atoms with Crippen LogP contribution in [0.3, 0.4) is 0 Å². The second-order valence-electron chi connectivity index (χ2n) is 7.16. The van der Waals surface area contributed by atoms with Gasteiger partial charge >= 0.3 is 0 Å². The van der Waals surface area contributed by atoms with Crippen LogP contribution in [0.4, 0.5) is 0 Å².